The van der Waals surface area contributed by atoms with Gasteiger partial charge in [-0.05, 0) is 0 Å². The van der Waals surface area contributed by atoms with Crippen molar-refractivity contribution in [2.24, 2.45) is 0 Å². The van der Waals surface area contributed by atoms with E-state index in [-0.39, 0.29) is 0 Å². The Morgan fingerprint density at radius 3 is 1.38 bits per heavy atom. The van der Waals surface area contributed by atoms with Crippen LogP contribution < -0.4 is 0 Å². The molecule has 0 spiro atoms. The fraction of sp³-hybridized carbons (Fsp3) is 0.154. The monoisotopic (exact) mass is 290 g/mol. The molecule has 3 heteroatoms. The van der Waals surface area contributed by atoms with Crippen LogP contribution in [0.2, 0.25) is 0 Å². The van der Waals surface area contributed by atoms with Gasteiger partial charge in [0.15, 0.2) is 0 Å². The molecule has 0 radical (unpaired) electrons. The molecule has 0 nitrogen and oxygen atoms in total. The van der Waals surface area contributed by atoms with Crippen LogP contribution in [0.3, 0.4) is 0 Å². The minimum absolute atomic E-state index is 1.34. The van der Waals surface area contributed by atoms with Gasteiger partial charge in [-0.2, -0.15) is 36.4 Å². The predicted octanol–water partition coefficient (Wildman–Crippen LogP) is 4.77. The first kappa shape index (κ1) is 15.9. The first-order valence-corrected chi connectivity index (χ1v) is 10.3. The van der Waals surface area contributed by atoms with Crippen molar-refractivity contribution in [1.82, 2.24) is 0 Å². The van der Waals surface area contributed by atoms with Crippen LogP contribution in [0.5, 0.6) is 0 Å². The van der Waals surface area contributed by atoms with Gasteiger partial charge in [0.25, 0.3) is 0 Å². The van der Waals surface area contributed by atoms with Crippen molar-refractivity contribution in [3.63, 3.8) is 0 Å². The summed E-state index contributed by atoms with van der Waals surface area (Å²) in [4.78, 5) is 3.34. The van der Waals surface area contributed by atoms with E-state index in [1.165, 1.54) is 11.1 Å². The third kappa shape index (κ3) is 11.9. The van der Waals surface area contributed by atoms with Crippen molar-refractivity contribution in [3.8, 4) is 0 Å². The van der Waals surface area contributed by atoms with E-state index in [1.54, 1.807) is 0 Å². The second-order valence-corrected chi connectivity index (χ2v) is 8.88. The normalized spacial score (nSPS) is 8.25. The maximum atomic E-state index is 5.10. The Morgan fingerprint density at radius 1 is 1.00 bits per heavy atom. The third-order valence-corrected chi connectivity index (χ3v) is 1.66. The van der Waals surface area contributed by atoms with Gasteiger partial charge in [-0.1, -0.05) is 13.8 Å². The molecule has 0 aromatic heterocycles. The standard InChI is InChI=1S/2C6H7.CH2.2ClH.Ti/c2*1-6-4-2-3-5-6;;;;/h2*2-5H,1H3;1H2;2*1H;/q2*-1;;;;+2/p-2. The Labute approximate surface area is 112 Å². The predicted molar refractivity (Wildman–Crippen MR) is 72.4 cm³/mol. The zero-order valence-corrected chi connectivity index (χ0v) is 12.7. The first-order chi connectivity index (χ1) is 7.52. The van der Waals surface area contributed by atoms with E-state index in [9.17, 15) is 0 Å². The van der Waals surface area contributed by atoms with E-state index in [4.69, 9.17) is 18.6 Å². The summed E-state index contributed by atoms with van der Waals surface area (Å²) in [5.41, 5.74) is 2.69. The maximum absolute atomic E-state index is 5.10. The average Bonchev–Trinajstić information content (AvgIpc) is 2.78. The van der Waals surface area contributed by atoms with E-state index >= 15 is 0 Å². The molecule has 0 aliphatic carbocycles. The van der Waals surface area contributed by atoms with E-state index < -0.39 is 15.3 Å². The first-order valence-electron chi connectivity index (χ1n) is 4.89. The van der Waals surface area contributed by atoms with Crippen LogP contribution in [0.25, 0.3) is 0 Å². The summed E-state index contributed by atoms with van der Waals surface area (Å²) in [6.45, 7) is 4.17. The fourth-order valence-electron chi connectivity index (χ4n) is 0.940. The quantitative estimate of drug-likeness (QED) is 0.484. The van der Waals surface area contributed by atoms with Gasteiger partial charge < -0.3 is 0 Å². The van der Waals surface area contributed by atoms with Gasteiger partial charge in [0.2, 0.25) is 0 Å². The molecule has 0 unspecified atom stereocenters. The molecule has 0 N–H and O–H groups in total. The average molecular weight is 291 g/mol. The van der Waals surface area contributed by atoms with Crippen LogP contribution in [-0.4, -0.2) is 4.82 Å². The van der Waals surface area contributed by atoms with Crippen LogP contribution in [0.1, 0.15) is 11.1 Å². The van der Waals surface area contributed by atoms with E-state index in [0.717, 1.165) is 0 Å². The summed E-state index contributed by atoms with van der Waals surface area (Å²) in [5.74, 6) is 0. The second kappa shape index (κ2) is 10.0. The molecule has 0 aliphatic rings. The van der Waals surface area contributed by atoms with Crippen molar-refractivity contribution in [2.45, 2.75) is 13.8 Å². The van der Waals surface area contributed by atoms with Crippen molar-refractivity contribution in [1.29, 1.82) is 0 Å². The molecule has 0 fully saturated rings. The van der Waals surface area contributed by atoms with Crippen LogP contribution in [0, 0.1) is 13.8 Å². The summed E-state index contributed by atoms with van der Waals surface area (Å²) in [7, 11) is 10.2. The second-order valence-electron chi connectivity index (χ2n) is 3.26. The van der Waals surface area contributed by atoms with Crippen LogP contribution in [-0.2, 0) is 15.3 Å². The summed E-state index contributed by atoms with van der Waals surface area (Å²) in [6.07, 6.45) is 0. The van der Waals surface area contributed by atoms with Crippen molar-refractivity contribution >= 4 is 23.4 Å². The van der Waals surface area contributed by atoms with Gasteiger partial charge >= 0.3 is 38.7 Å². The molecule has 2 aromatic rings. The van der Waals surface area contributed by atoms with Crippen molar-refractivity contribution in [3.05, 3.63) is 59.7 Å². The molecule has 0 aliphatic heterocycles. The summed E-state index contributed by atoms with van der Waals surface area (Å²) in [6, 6.07) is 16.5. The Hall–Kier alpha value is -0.136. The topological polar surface area (TPSA) is 0 Å². The SMILES string of the molecule is Cc1cc[cH-]c1.Cc1cc[cH-]c1.[CH2]=[Ti]([Cl])[Cl]. The Bertz CT molecular complexity index is 324. The molecule has 2 rings (SSSR count). The molecular formula is C13H16Cl2Ti-2. The number of hydrogen-bond acceptors (Lipinski definition) is 0. The number of aryl methyl sites for hydroxylation is 2. The Morgan fingerprint density at radius 2 is 1.31 bits per heavy atom. The zero-order valence-electron chi connectivity index (χ0n) is 9.58. The Balaban J connectivity index is 0.000000217. The molecule has 16 heavy (non-hydrogen) atoms. The van der Waals surface area contributed by atoms with Crippen molar-refractivity contribution in [2.75, 3.05) is 0 Å². The van der Waals surface area contributed by atoms with E-state index in [2.05, 4.69) is 42.9 Å². The summed E-state index contributed by atoms with van der Waals surface area (Å²) < 4.78 is 0. The van der Waals surface area contributed by atoms with Gasteiger partial charge in [-0.25, -0.2) is 23.3 Å². The van der Waals surface area contributed by atoms with Gasteiger partial charge in [0.1, 0.15) is 0 Å². The van der Waals surface area contributed by atoms with Crippen molar-refractivity contribution < 1.29 is 15.3 Å². The van der Waals surface area contributed by atoms with Crippen LogP contribution >= 0.6 is 18.6 Å². The molecule has 0 saturated carbocycles. The molecule has 0 heterocycles. The van der Waals surface area contributed by atoms with Gasteiger partial charge in [0.05, 0.1) is 0 Å². The Kier molecular flexibility index (Phi) is 9.96. The summed E-state index contributed by atoms with van der Waals surface area (Å²) >= 11 is -1.64. The van der Waals surface area contributed by atoms with Crippen LogP contribution in [0.15, 0.2) is 48.5 Å². The summed E-state index contributed by atoms with van der Waals surface area (Å²) in [5, 5.41) is 0. The number of rotatable bonds is 0. The van der Waals surface area contributed by atoms with Gasteiger partial charge in [-0.3, -0.25) is 0 Å². The van der Waals surface area contributed by atoms with Gasteiger partial charge in [0, 0.05) is 0 Å². The number of halogens is 2. The molecule has 2 aromatic carbocycles. The molecule has 0 atom stereocenters. The van der Waals surface area contributed by atoms with Gasteiger partial charge in [-0.15, -0.1) is 0 Å². The van der Waals surface area contributed by atoms with Crippen LogP contribution in [0.4, 0.5) is 0 Å². The van der Waals surface area contributed by atoms with E-state index in [1.807, 2.05) is 24.3 Å². The molecule has 88 valence electrons. The molecule has 0 amide bonds. The minimum atomic E-state index is -1.64. The third-order valence-electron chi connectivity index (χ3n) is 1.66. The molecular weight excluding hydrogens is 275 g/mol. The molecule has 0 saturated heterocycles. The van der Waals surface area contributed by atoms with E-state index in [0.29, 0.717) is 0 Å². The molecule has 0 bridgehead atoms. The zero-order chi connectivity index (χ0) is 12.4. The fourth-order valence-corrected chi connectivity index (χ4v) is 0.940. The number of hydrogen-bond donors (Lipinski definition) is 0.